The third-order valence-electron chi connectivity index (χ3n) is 5.21. The first-order chi connectivity index (χ1) is 15.6. The van der Waals surface area contributed by atoms with Gasteiger partial charge in [-0.25, -0.2) is 8.42 Å². The van der Waals surface area contributed by atoms with Gasteiger partial charge in [0.1, 0.15) is 25.8 Å². The van der Waals surface area contributed by atoms with Crippen molar-refractivity contribution < 1.29 is 27.5 Å². The van der Waals surface area contributed by atoms with Gasteiger partial charge in [-0.2, -0.15) is 0 Å². The van der Waals surface area contributed by atoms with Crippen molar-refractivity contribution in [3.05, 3.63) is 53.1 Å². The summed E-state index contributed by atoms with van der Waals surface area (Å²) in [5.74, 6) is -0.0585. The Morgan fingerprint density at radius 2 is 1.79 bits per heavy atom. The van der Waals surface area contributed by atoms with Gasteiger partial charge >= 0.3 is 0 Å². The lowest BCUT2D eigenvalue weighted by molar-refractivity contribution is -0.139. The monoisotopic (exact) mass is 495 g/mol. The maximum atomic E-state index is 13.4. The Balaban J connectivity index is 1.93. The molecule has 0 spiro atoms. The van der Waals surface area contributed by atoms with Gasteiger partial charge in [0.15, 0.2) is 11.5 Å². The SMILES string of the molecule is CNC(=O)C(C)N(Cc1ccccc1Cl)C(=O)CN(c1ccc2c(c1)OCCO2)S(C)(=O)=O. The fraction of sp³-hybridized carbons (Fsp3) is 0.364. The topological polar surface area (TPSA) is 105 Å². The maximum Gasteiger partial charge on any atom is 0.244 e. The lowest BCUT2D eigenvalue weighted by Crippen LogP contribution is -2.50. The van der Waals surface area contributed by atoms with Gasteiger partial charge in [-0.05, 0) is 30.7 Å². The Morgan fingerprint density at radius 1 is 1.12 bits per heavy atom. The van der Waals surface area contributed by atoms with E-state index in [2.05, 4.69) is 5.32 Å². The second-order valence-electron chi connectivity index (χ2n) is 7.50. The lowest BCUT2D eigenvalue weighted by atomic mass is 10.1. The van der Waals surface area contributed by atoms with Crippen LogP contribution in [0.3, 0.4) is 0 Å². The molecule has 1 unspecified atom stereocenters. The largest absolute Gasteiger partial charge is 0.486 e. The summed E-state index contributed by atoms with van der Waals surface area (Å²) in [6.45, 7) is 1.83. The summed E-state index contributed by atoms with van der Waals surface area (Å²) in [6.07, 6.45) is 1.01. The van der Waals surface area contributed by atoms with Crippen molar-refractivity contribution in [3.8, 4) is 11.5 Å². The molecular formula is C22H26ClN3O6S. The van der Waals surface area contributed by atoms with Crippen LogP contribution in [0.2, 0.25) is 5.02 Å². The molecule has 0 radical (unpaired) electrons. The van der Waals surface area contributed by atoms with E-state index in [-0.39, 0.29) is 18.1 Å². The molecule has 0 fully saturated rings. The molecule has 2 aromatic rings. The Kier molecular flexibility index (Phi) is 7.70. The second kappa shape index (κ2) is 10.3. The molecule has 11 heteroatoms. The molecule has 1 aliphatic rings. The van der Waals surface area contributed by atoms with Gasteiger partial charge in [0, 0.05) is 24.7 Å². The number of anilines is 1. The predicted molar refractivity (Wildman–Crippen MR) is 125 cm³/mol. The van der Waals surface area contributed by atoms with Crippen molar-refractivity contribution in [2.24, 2.45) is 0 Å². The lowest BCUT2D eigenvalue weighted by Gasteiger charge is -2.31. The summed E-state index contributed by atoms with van der Waals surface area (Å²) in [6, 6.07) is 10.8. The third-order valence-corrected chi connectivity index (χ3v) is 6.71. The zero-order valence-electron chi connectivity index (χ0n) is 18.6. The minimum atomic E-state index is -3.84. The van der Waals surface area contributed by atoms with E-state index in [1.807, 2.05) is 0 Å². The number of halogens is 1. The summed E-state index contributed by atoms with van der Waals surface area (Å²) in [7, 11) is -2.38. The molecule has 0 aromatic heterocycles. The van der Waals surface area contributed by atoms with E-state index in [0.717, 1.165) is 10.6 Å². The van der Waals surface area contributed by atoms with Crippen LogP contribution in [0.15, 0.2) is 42.5 Å². The molecule has 9 nitrogen and oxygen atoms in total. The van der Waals surface area contributed by atoms with Gasteiger partial charge < -0.3 is 19.7 Å². The normalized spacial score (nSPS) is 13.7. The van der Waals surface area contributed by atoms with Gasteiger partial charge in [0.25, 0.3) is 0 Å². The molecule has 0 aliphatic carbocycles. The number of sulfonamides is 1. The van der Waals surface area contributed by atoms with Gasteiger partial charge in [-0.15, -0.1) is 0 Å². The van der Waals surface area contributed by atoms with Crippen molar-refractivity contribution >= 4 is 39.1 Å². The van der Waals surface area contributed by atoms with E-state index in [9.17, 15) is 18.0 Å². The van der Waals surface area contributed by atoms with E-state index in [4.69, 9.17) is 21.1 Å². The summed E-state index contributed by atoms with van der Waals surface area (Å²) < 4.78 is 37.2. The van der Waals surface area contributed by atoms with Crippen molar-refractivity contribution in [1.82, 2.24) is 10.2 Å². The molecule has 178 valence electrons. The number of amides is 2. The van der Waals surface area contributed by atoms with Crippen molar-refractivity contribution in [2.45, 2.75) is 19.5 Å². The fourth-order valence-electron chi connectivity index (χ4n) is 3.40. The van der Waals surface area contributed by atoms with Crippen LogP contribution in [0.5, 0.6) is 11.5 Å². The molecule has 33 heavy (non-hydrogen) atoms. The predicted octanol–water partition coefficient (Wildman–Crippen LogP) is 2.04. The van der Waals surface area contributed by atoms with Crippen LogP contribution in [0.4, 0.5) is 5.69 Å². The first-order valence-electron chi connectivity index (χ1n) is 10.2. The van der Waals surface area contributed by atoms with Crippen LogP contribution in [-0.2, 0) is 26.2 Å². The minimum absolute atomic E-state index is 0.0336. The first kappa shape index (κ1) is 24.7. The number of carbonyl (C=O) groups excluding carboxylic acids is 2. The molecule has 3 rings (SSSR count). The Hall–Kier alpha value is -2.98. The maximum absolute atomic E-state index is 13.4. The zero-order chi connectivity index (χ0) is 24.2. The molecule has 0 saturated carbocycles. The van der Waals surface area contributed by atoms with Crippen molar-refractivity contribution in [3.63, 3.8) is 0 Å². The molecule has 2 amide bonds. The molecular weight excluding hydrogens is 470 g/mol. The number of nitrogens with one attached hydrogen (secondary N) is 1. The highest BCUT2D eigenvalue weighted by molar-refractivity contribution is 7.92. The molecule has 0 bridgehead atoms. The van der Waals surface area contributed by atoms with E-state index in [0.29, 0.717) is 35.3 Å². The number of likely N-dealkylation sites (N-methyl/N-ethyl adjacent to an activating group) is 1. The number of carbonyl (C=O) groups is 2. The molecule has 0 saturated heterocycles. The number of hydrogen-bond donors (Lipinski definition) is 1. The summed E-state index contributed by atoms with van der Waals surface area (Å²) in [5, 5.41) is 2.96. The second-order valence-corrected chi connectivity index (χ2v) is 9.81. The number of nitrogens with zero attached hydrogens (tertiary/aromatic N) is 2. The minimum Gasteiger partial charge on any atom is -0.486 e. The van der Waals surface area contributed by atoms with Crippen LogP contribution < -0.4 is 19.1 Å². The molecule has 1 aliphatic heterocycles. The van der Waals surface area contributed by atoms with E-state index in [1.165, 1.54) is 18.0 Å². The number of hydrogen-bond acceptors (Lipinski definition) is 6. The Bertz CT molecular complexity index is 1140. The van der Waals surface area contributed by atoms with Crippen LogP contribution in [0.1, 0.15) is 12.5 Å². The highest BCUT2D eigenvalue weighted by Crippen LogP contribution is 2.34. The van der Waals surface area contributed by atoms with Crippen LogP contribution in [-0.4, -0.2) is 64.2 Å². The summed E-state index contributed by atoms with van der Waals surface area (Å²) in [5.41, 5.74) is 0.883. The standard InChI is InChI=1S/C22H26ClN3O6S/c1-15(22(28)24-2)25(13-16-6-4-5-7-18(16)23)21(27)14-26(33(3,29)30)17-8-9-19-20(12-17)32-11-10-31-19/h4-9,12,15H,10-11,13-14H2,1-3H3,(H,24,28). The van der Waals surface area contributed by atoms with Gasteiger partial charge in [-0.3, -0.25) is 13.9 Å². The Morgan fingerprint density at radius 3 is 2.42 bits per heavy atom. The van der Waals surface area contributed by atoms with Gasteiger partial charge in [0.05, 0.1) is 11.9 Å². The Labute approximate surface area is 198 Å². The average Bonchev–Trinajstić information content (AvgIpc) is 2.79. The first-order valence-corrected chi connectivity index (χ1v) is 12.5. The van der Waals surface area contributed by atoms with Crippen molar-refractivity contribution in [2.75, 3.05) is 37.4 Å². The van der Waals surface area contributed by atoms with Crippen molar-refractivity contribution in [1.29, 1.82) is 0 Å². The van der Waals surface area contributed by atoms with E-state index >= 15 is 0 Å². The van der Waals surface area contributed by atoms with E-state index in [1.54, 1.807) is 43.3 Å². The van der Waals surface area contributed by atoms with Gasteiger partial charge in [-0.1, -0.05) is 29.8 Å². The number of ether oxygens (including phenoxy) is 2. The molecule has 1 N–H and O–H groups in total. The van der Waals surface area contributed by atoms with Crippen LogP contribution in [0.25, 0.3) is 0 Å². The van der Waals surface area contributed by atoms with Gasteiger partial charge in [0.2, 0.25) is 21.8 Å². The average molecular weight is 496 g/mol. The molecule has 1 atom stereocenters. The summed E-state index contributed by atoms with van der Waals surface area (Å²) >= 11 is 6.26. The number of rotatable bonds is 8. The highest BCUT2D eigenvalue weighted by Gasteiger charge is 2.30. The van der Waals surface area contributed by atoms with Crippen LogP contribution >= 0.6 is 11.6 Å². The smallest absolute Gasteiger partial charge is 0.244 e. The highest BCUT2D eigenvalue weighted by atomic mass is 35.5. The quantitative estimate of drug-likeness (QED) is 0.601. The molecule has 1 heterocycles. The fourth-order valence-corrected chi connectivity index (χ4v) is 4.44. The number of benzene rings is 2. The summed E-state index contributed by atoms with van der Waals surface area (Å²) in [4.78, 5) is 27.0. The third kappa shape index (κ3) is 5.88. The zero-order valence-corrected chi connectivity index (χ0v) is 20.1. The number of fused-ring (bicyclic) bond motifs is 1. The van der Waals surface area contributed by atoms with E-state index < -0.39 is 28.5 Å². The van der Waals surface area contributed by atoms with Crippen LogP contribution in [0, 0.1) is 0 Å². The molecule has 2 aromatic carbocycles.